The topological polar surface area (TPSA) is 38.9 Å². The maximum atomic E-state index is 6.52. The first-order chi connectivity index (χ1) is 26.0. The van der Waals surface area contributed by atoms with Gasteiger partial charge in [-0.2, -0.15) is 0 Å². The molecule has 1 radical (unpaired) electrons. The number of rotatable bonds is 7. The molecule has 0 aliphatic heterocycles. The molecular weight excluding hydrogens is 865 g/mol. The van der Waals surface area contributed by atoms with Gasteiger partial charge in [-0.05, 0) is 90.0 Å². The zero-order valence-electron chi connectivity index (χ0n) is 33.8. The molecule has 7 aromatic rings. The van der Waals surface area contributed by atoms with E-state index < -0.39 is 8.07 Å². The van der Waals surface area contributed by atoms with E-state index in [0.29, 0.717) is 5.92 Å². The quantitative estimate of drug-likeness (QED) is 0.118. The van der Waals surface area contributed by atoms with Crippen LogP contribution < -0.4 is 5.19 Å². The first kappa shape index (κ1) is 40.5. The normalized spacial score (nSPS) is 13.5. The van der Waals surface area contributed by atoms with E-state index in [1.54, 1.807) is 0 Å². The SMILES string of the molecule is CC(C)c1cc(-c2[c-]cccc2)ncc1[Si](C)(C)C.Cc1cc(C)c(-c2ccc3c(c2)oc2c(-c4cc(CC5CCCCC5)ccn4)[c-]ccc23)c(C)c1.[Ir]. The van der Waals surface area contributed by atoms with Gasteiger partial charge in [-0.25, -0.2) is 0 Å². The van der Waals surface area contributed by atoms with Crippen molar-refractivity contribution in [3.8, 4) is 33.6 Å². The minimum Gasteiger partial charge on any atom is -0.501 e. The van der Waals surface area contributed by atoms with Gasteiger partial charge in [0.2, 0.25) is 0 Å². The zero-order valence-corrected chi connectivity index (χ0v) is 37.2. The fourth-order valence-corrected chi connectivity index (χ4v) is 10.1. The van der Waals surface area contributed by atoms with E-state index in [2.05, 4.69) is 138 Å². The second-order valence-corrected chi connectivity index (χ2v) is 21.8. The number of benzene rings is 4. The molecule has 285 valence electrons. The van der Waals surface area contributed by atoms with E-state index in [1.165, 1.54) is 76.2 Å². The summed E-state index contributed by atoms with van der Waals surface area (Å²) in [6.07, 6.45) is 12.0. The number of pyridine rings is 2. The van der Waals surface area contributed by atoms with Gasteiger partial charge in [0.25, 0.3) is 0 Å². The van der Waals surface area contributed by atoms with E-state index in [-0.39, 0.29) is 20.1 Å². The van der Waals surface area contributed by atoms with Gasteiger partial charge in [-0.1, -0.05) is 130 Å². The second-order valence-electron chi connectivity index (χ2n) is 16.8. The van der Waals surface area contributed by atoms with Crippen LogP contribution in [0, 0.1) is 38.8 Å². The number of aromatic nitrogens is 2. The van der Waals surface area contributed by atoms with Gasteiger partial charge in [0, 0.05) is 37.9 Å². The summed E-state index contributed by atoms with van der Waals surface area (Å²) in [5.41, 5.74) is 15.0. The molecule has 1 aliphatic carbocycles. The number of hydrogen-bond donors (Lipinski definition) is 0. The maximum absolute atomic E-state index is 6.52. The molecule has 3 heterocycles. The summed E-state index contributed by atoms with van der Waals surface area (Å²) >= 11 is 0. The van der Waals surface area contributed by atoms with Crippen molar-refractivity contribution >= 4 is 35.2 Å². The molecule has 3 nitrogen and oxygen atoms in total. The molecule has 0 bridgehead atoms. The van der Waals surface area contributed by atoms with E-state index in [4.69, 9.17) is 9.40 Å². The van der Waals surface area contributed by atoms with Crippen LogP contribution in [0.15, 0.2) is 102 Å². The Hall–Kier alpha value is -4.15. The molecule has 4 aromatic carbocycles. The molecule has 5 heteroatoms. The summed E-state index contributed by atoms with van der Waals surface area (Å²) in [6.45, 7) is 18.2. The predicted molar refractivity (Wildman–Crippen MR) is 231 cm³/mol. The van der Waals surface area contributed by atoms with Crippen molar-refractivity contribution in [2.75, 3.05) is 0 Å². The molecule has 55 heavy (non-hydrogen) atoms. The zero-order chi connectivity index (χ0) is 38.0. The van der Waals surface area contributed by atoms with Crippen LogP contribution in [-0.2, 0) is 26.5 Å². The molecule has 0 unspecified atom stereocenters. The van der Waals surface area contributed by atoms with Crippen molar-refractivity contribution < 1.29 is 24.5 Å². The van der Waals surface area contributed by atoms with E-state index in [0.717, 1.165) is 56.8 Å². The molecule has 0 saturated heterocycles. The predicted octanol–water partition coefficient (Wildman–Crippen LogP) is 13.4. The van der Waals surface area contributed by atoms with Crippen molar-refractivity contribution in [3.63, 3.8) is 0 Å². The summed E-state index contributed by atoms with van der Waals surface area (Å²) in [6, 6.07) is 36.6. The monoisotopic (exact) mass is 919 g/mol. The molecule has 1 aliphatic rings. The molecular formula is C50H54IrN2OSi-2. The second kappa shape index (κ2) is 17.3. The third kappa shape index (κ3) is 9.12. The molecule has 0 atom stereocenters. The van der Waals surface area contributed by atoms with Crippen LogP contribution in [0.2, 0.25) is 19.6 Å². The summed E-state index contributed by atoms with van der Waals surface area (Å²) in [4.78, 5) is 9.39. The number of aryl methyl sites for hydroxylation is 3. The summed E-state index contributed by atoms with van der Waals surface area (Å²) in [7, 11) is -1.34. The Morgan fingerprint density at radius 2 is 1.55 bits per heavy atom. The van der Waals surface area contributed by atoms with Crippen molar-refractivity contribution in [2.24, 2.45) is 5.92 Å². The van der Waals surface area contributed by atoms with Gasteiger partial charge < -0.3 is 14.4 Å². The average Bonchev–Trinajstić information content (AvgIpc) is 3.53. The standard InChI is InChI=1S/C33H32NO.C17H22NSi.Ir/c1-21-16-22(2)32(23(3)17-21)26-12-13-27-28-10-7-11-29(33(28)35-31(27)20-26)30-19-25(14-15-34-30)18-24-8-5-4-6-9-24;1-13(2)15-11-16(14-9-7-6-8-10-14)18-12-17(15)19(3,4)5;/h7,10,12-17,19-20,24H,4-6,8-9,18H2,1-3H3;6-9,11-13H,1-5H3;/q2*-1;. The molecule has 1 fully saturated rings. The van der Waals surface area contributed by atoms with E-state index >= 15 is 0 Å². The van der Waals surface area contributed by atoms with Crippen molar-refractivity contribution in [1.29, 1.82) is 0 Å². The third-order valence-corrected chi connectivity index (χ3v) is 13.1. The smallest absolute Gasteiger partial charge is 0.121 e. The first-order valence-electron chi connectivity index (χ1n) is 19.8. The van der Waals surface area contributed by atoms with Gasteiger partial charge in [0.05, 0.1) is 13.7 Å². The van der Waals surface area contributed by atoms with Crippen LogP contribution in [0.1, 0.15) is 79.7 Å². The van der Waals surface area contributed by atoms with Crippen molar-refractivity contribution in [2.45, 2.75) is 98.7 Å². The van der Waals surface area contributed by atoms with Gasteiger partial charge in [0.15, 0.2) is 0 Å². The minimum atomic E-state index is -1.34. The van der Waals surface area contributed by atoms with Gasteiger partial charge >= 0.3 is 0 Å². The van der Waals surface area contributed by atoms with Crippen LogP contribution >= 0.6 is 0 Å². The van der Waals surface area contributed by atoms with E-state index in [9.17, 15) is 0 Å². The Balaban J connectivity index is 0.000000219. The minimum absolute atomic E-state index is 0. The molecule has 3 aromatic heterocycles. The third-order valence-electron chi connectivity index (χ3n) is 11.1. The Morgan fingerprint density at radius 1 is 0.782 bits per heavy atom. The molecule has 0 N–H and O–H groups in total. The fraction of sp³-hybridized carbons (Fsp3) is 0.320. The molecule has 8 rings (SSSR count). The maximum Gasteiger partial charge on any atom is 0.121 e. The van der Waals surface area contributed by atoms with E-state index in [1.807, 2.05) is 30.5 Å². The van der Waals surface area contributed by atoms with Crippen LogP contribution in [0.25, 0.3) is 55.6 Å². The molecule has 0 amide bonds. The number of furan rings is 1. The Bertz CT molecular complexity index is 2380. The Labute approximate surface area is 343 Å². The molecule has 0 spiro atoms. The van der Waals surface area contributed by atoms with Gasteiger partial charge in [-0.15, -0.1) is 54.1 Å². The van der Waals surface area contributed by atoms with Crippen molar-refractivity contribution in [1.82, 2.24) is 9.97 Å². The number of fused-ring (bicyclic) bond motifs is 3. The summed E-state index contributed by atoms with van der Waals surface area (Å²) < 4.78 is 6.52. The van der Waals surface area contributed by atoms with Crippen LogP contribution in [0.3, 0.4) is 0 Å². The van der Waals surface area contributed by atoms with Crippen LogP contribution in [-0.4, -0.2) is 18.0 Å². The summed E-state index contributed by atoms with van der Waals surface area (Å²) in [5.74, 6) is 1.34. The van der Waals surface area contributed by atoms with Crippen LogP contribution in [0.5, 0.6) is 0 Å². The number of nitrogens with zero attached hydrogens (tertiary/aromatic N) is 2. The van der Waals surface area contributed by atoms with Gasteiger partial charge in [-0.3, -0.25) is 0 Å². The van der Waals surface area contributed by atoms with Gasteiger partial charge in [0.1, 0.15) is 5.58 Å². The first-order valence-corrected chi connectivity index (χ1v) is 23.3. The Morgan fingerprint density at radius 3 is 2.24 bits per heavy atom. The average molecular weight is 919 g/mol. The Kier molecular flexibility index (Phi) is 12.8. The fourth-order valence-electron chi connectivity index (χ4n) is 8.46. The van der Waals surface area contributed by atoms with Crippen molar-refractivity contribution in [3.05, 3.63) is 137 Å². The summed E-state index contributed by atoms with van der Waals surface area (Å²) in [5, 5.41) is 3.74. The largest absolute Gasteiger partial charge is 0.501 e. The molecule has 1 saturated carbocycles. The number of hydrogen-bond acceptors (Lipinski definition) is 3. The van der Waals surface area contributed by atoms with Crippen LogP contribution in [0.4, 0.5) is 0 Å².